The van der Waals surface area contributed by atoms with Gasteiger partial charge in [0.05, 0.1) is 18.8 Å². The van der Waals surface area contributed by atoms with Crippen molar-refractivity contribution in [3.63, 3.8) is 0 Å². The molecule has 4 unspecified atom stereocenters. The summed E-state index contributed by atoms with van der Waals surface area (Å²) < 4.78 is 42.3. The first-order valence-corrected chi connectivity index (χ1v) is 8.30. The maximum absolute atomic E-state index is 13.7. The molecule has 2 N–H and O–H groups in total. The predicted molar refractivity (Wildman–Crippen MR) is 100 cm³/mol. The smallest absolute Gasteiger partial charge is 0.240 e. The largest absolute Gasteiger partial charge is 0.368 e. The van der Waals surface area contributed by atoms with Gasteiger partial charge >= 0.3 is 0 Å². The Bertz CT molecular complexity index is 1120. The van der Waals surface area contributed by atoms with Crippen molar-refractivity contribution >= 4 is 11.7 Å². The number of Topliss-reactive ketones (excluding diaryl/α,β-unsaturated/α-hetero) is 1. The summed E-state index contributed by atoms with van der Waals surface area (Å²) in [5.41, 5.74) is 6.56. The number of fused-ring (bicyclic) bond motifs is 1. The molecule has 4 rings (SSSR count). The minimum absolute atomic E-state index is 0.289. The van der Waals surface area contributed by atoms with E-state index in [0.29, 0.717) is 5.56 Å². The van der Waals surface area contributed by atoms with E-state index in [9.17, 15) is 11.0 Å². The number of amides is 1. The van der Waals surface area contributed by atoms with Gasteiger partial charge in [-0.3, -0.25) is 9.59 Å². The second-order valence-electron chi connectivity index (χ2n) is 6.23. The number of ketones is 1. The van der Waals surface area contributed by atoms with E-state index in [1.165, 1.54) is 0 Å². The Labute approximate surface area is 159 Å². The molecule has 4 nitrogen and oxygen atoms in total. The van der Waals surface area contributed by atoms with Crippen LogP contribution in [0.4, 0.5) is 0 Å². The van der Waals surface area contributed by atoms with Gasteiger partial charge in [-0.25, -0.2) is 0 Å². The summed E-state index contributed by atoms with van der Waals surface area (Å²) in [4.78, 5) is 27.3. The van der Waals surface area contributed by atoms with Crippen molar-refractivity contribution in [2.24, 2.45) is 11.7 Å². The Morgan fingerprint density at radius 3 is 2.31 bits per heavy atom. The summed E-state index contributed by atoms with van der Waals surface area (Å²) in [6, 6.07) is 11.6. The van der Waals surface area contributed by atoms with Gasteiger partial charge in [0.2, 0.25) is 5.91 Å². The van der Waals surface area contributed by atoms with Crippen molar-refractivity contribution in [2.45, 2.75) is 18.0 Å². The molecule has 2 aromatic carbocycles. The summed E-state index contributed by atoms with van der Waals surface area (Å²) in [6.45, 7) is 0. The molecule has 2 aromatic rings. The first kappa shape index (κ1) is 11.5. The highest BCUT2D eigenvalue weighted by atomic mass is 16.1. The lowest BCUT2D eigenvalue weighted by molar-refractivity contribution is -0.122. The fourth-order valence-corrected chi connectivity index (χ4v) is 3.69. The van der Waals surface area contributed by atoms with Gasteiger partial charge in [0, 0.05) is 17.7 Å². The number of primary amides is 1. The molecule has 26 heavy (non-hydrogen) atoms. The van der Waals surface area contributed by atoms with Crippen molar-refractivity contribution < 1.29 is 16.4 Å². The zero-order chi connectivity index (χ0) is 22.5. The lowest BCUT2D eigenvalue weighted by Gasteiger charge is -2.28. The third-order valence-corrected chi connectivity index (χ3v) is 4.78. The van der Waals surface area contributed by atoms with Crippen LogP contribution in [0.2, 0.25) is 0 Å². The van der Waals surface area contributed by atoms with Gasteiger partial charge in [-0.2, -0.15) is 0 Å². The van der Waals surface area contributed by atoms with Crippen LogP contribution in [0.25, 0.3) is 0 Å². The summed E-state index contributed by atoms with van der Waals surface area (Å²) in [5.74, 6) is -3.59. The van der Waals surface area contributed by atoms with Gasteiger partial charge in [0.15, 0.2) is 5.78 Å². The highest BCUT2D eigenvalue weighted by Crippen LogP contribution is 2.45. The van der Waals surface area contributed by atoms with Crippen LogP contribution in [0.3, 0.4) is 0 Å². The van der Waals surface area contributed by atoms with E-state index in [0.717, 1.165) is 4.90 Å². The van der Waals surface area contributed by atoms with Crippen LogP contribution in [0.5, 0.6) is 0 Å². The number of allylic oxidation sites excluding steroid dienone is 2. The molecule has 0 spiro atoms. The first-order valence-electron chi connectivity index (χ1n) is 10.8. The van der Waals surface area contributed by atoms with E-state index in [2.05, 4.69) is 0 Å². The molecular weight excluding hydrogens is 324 g/mol. The number of hydrogen-bond donors (Lipinski definition) is 1. The normalized spacial score (nSPS) is 33.6. The third-order valence-electron chi connectivity index (χ3n) is 4.78. The molecule has 0 aromatic heterocycles. The first-order chi connectivity index (χ1) is 14.7. The second kappa shape index (κ2) is 6.64. The van der Waals surface area contributed by atoms with Crippen LogP contribution in [0.1, 0.15) is 28.7 Å². The minimum atomic E-state index is -2.23. The molecule has 0 bridgehead atoms. The molecule has 1 fully saturated rings. The zero-order valence-electron chi connectivity index (χ0n) is 18.8. The lowest BCUT2D eigenvalue weighted by atomic mass is 9.77. The van der Waals surface area contributed by atoms with Crippen LogP contribution in [-0.2, 0) is 4.79 Å². The molecular formula is C22H20N2O2. The van der Waals surface area contributed by atoms with Crippen LogP contribution in [0.15, 0.2) is 85.0 Å². The number of carbonyl (C=O) groups is 2. The van der Waals surface area contributed by atoms with Crippen LogP contribution < -0.4 is 5.73 Å². The summed E-state index contributed by atoms with van der Waals surface area (Å²) in [5, 5.41) is 0. The summed E-state index contributed by atoms with van der Waals surface area (Å²) in [7, 11) is 0. The minimum Gasteiger partial charge on any atom is -0.368 e. The number of nitrogens with two attached hydrogens (primary N) is 1. The number of benzene rings is 2. The number of rotatable bonds is 4. The Morgan fingerprint density at radius 1 is 1.00 bits per heavy atom. The quantitative estimate of drug-likeness (QED) is 0.863. The van der Waals surface area contributed by atoms with Crippen molar-refractivity contribution in [2.75, 3.05) is 0 Å². The molecule has 0 radical (unpaired) electrons. The zero-order valence-corrected chi connectivity index (χ0v) is 13.8. The van der Waals surface area contributed by atoms with Gasteiger partial charge in [-0.15, -0.1) is 0 Å². The van der Waals surface area contributed by atoms with Crippen molar-refractivity contribution in [1.82, 2.24) is 4.90 Å². The maximum atomic E-state index is 13.7. The molecule has 0 saturated carbocycles. The van der Waals surface area contributed by atoms with Crippen molar-refractivity contribution in [3.8, 4) is 0 Å². The number of hydrogen-bond acceptors (Lipinski definition) is 3. The second-order valence-corrected chi connectivity index (χ2v) is 6.23. The average Bonchev–Trinajstić information content (AvgIpc) is 3.07. The van der Waals surface area contributed by atoms with Crippen molar-refractivity contribution in [1.29, 1.82) is 0 Å². The SMILES string of the molecule is [2H]C1=C([2H])N2C(C(N)=O)C(c3ccccc3)C(C(=O)c3ccccc3)C2([2H])C([2H])=C1[2H]. The van der Waals surface area contributed by atoms with E-state index in [-0.39, 0.29) is 5.56 Å². The van der Waals surface area contributed by atoms with Crippen LogP contribution in [-0.4, -0.2) is 28.7 Å². The van der Waals surface area contributed by atoms with E-state index >= 15 is 0 Å². The van der Waals surface area contributed by atoms with E-state index in [1.54, 1.807) is 60.7 Å². The number of carbonyl (C=O) groups excluding carboxylic acids is 2. The molecule has 4 atom stereocenters. The Kier molecular flexibility index (Phi) is 2.93. The fourth-order valence-electron chi connectivity index (χ4n) is 3.69. The van der Waals surface area contributed by atoms with E-state index in [1.807, 2.05) is 0 Å². The fraction of sp³-hybridized carbons (Fsp3) is 0.182. The van der Waals surface area contributed by atoms with Crippen molar-refractivity contribution in [3.05, 3.63) is 96.1 Å². The predicted octanol–water partition coefficient (Wildman–Crippen LogP) is 2.89. The van der Waals surface area contributed by atoms with Crippen LogP contribution >= 0.6 is 0 Å². The Balaban J connectivity index is 2.03. The van der Waals surface area contributed by atoms with Gasteiger partial charge in [0.25, 0.3) is 0 Å². The topological polar surface area (TPSA) is 63.4 Å². The highest BCUT2D eigenvalue weighted by molar-refractivity contribution is 6.00. The average molecular weight is 349 g/mol. The van der Waals surface area contributed by atoms with Crippen LogP contribution in [0, 0.1) is 5.92 Å². The molecule has 0 aliphatic carbocycles. The van der Waals surface area contributed by atoms with E-state index in [4.69, 9.17) is 11.2 Å². The summed E-state index contributed by atoms with van der Waals surface area (Å²) in [6.07, 6.45) is -0.566. The Hall–Kier alpha value is -3.14. The standard InChI is InChI=1S/C22H20N2O2/c23-22(26)20-18(15-9-3-1-4-10-15)19(17-13-7-8-14-24(17)20)21(25)16-11-5-2-6-12-16/h1-14,17-20H,(H2,23,26)/i7D,8D,13D,14D,17D. The maximum Gasteiger partial charge on any atom is 0.240 e. The molecule has 4 heteroatoms. The van der Waals surface area contributed by atoms with Gasteiger partial charge < -0.3 is 10.6 Å². The molecule has 2 heterocycles. The number of nitrogens with zero attached hydrogens (tertiary/aromatic N) is 1. The van der Waals surface area contributed by atoms with Gasteiger partial charge in [-0.1, -0.05) is 72.8 Å². The molecule has 2 aliphatic heterocycles. The highest BCUT2D eigenvalue weighted by Gasteiger charge is 2.53. The molecule has 130 valence electrons. The summed E-state index contributed by atoms with van der Waals surface area (Å²) >= 11 is 0. The third kappa shape index (κ3) is 2.64. The monoisotopic (exact) mass is 349 g/mol. The molecule has 1 saturated heterocycles. The molecule has 1 amide bonds. The lowest BCUT2D eigenvalue weighted by Crippen LogP contribution is -2.42. The molecule has 2 aliphatic rings. The van der Waals surface area contributed by atoms with Gasteiger partial charge in [-0.05, 0) is 11.6 Å². The van der Waals surface area contributed by atoms with E-state index < -0.39 is 59.9 Å². The Morgan fingerprint density at radius 2 is 1.65 bits per heavy atom. The van der Waals surface area contributed by atoms with Gasteiger partial charge in [0.1, 0.15) is 6.04 Å².